The number of thiazole rings is 1. The van der Waals surface area contributed by atoms with Crippen molar-refractivity contribution in [2.75, 3.05) is 0 Å². The lowest BCUT2D eigenvalue weighted by molar-refractivity contribution is 0.509. The summed E-state index contributed by atoms with van der Waals surface area (Å²) >= 11 is 1.66. The summed E-state index contributed by atoms with van der Waals surface area (Å²) in [5.41, 5.74) is 4.63. The van der Waals surface area contributed by atoms with Gasteiger partial charge in [-0.3, -0.25) is 0 Å². The van der Waals surface area contributed by atoms with Crippen LogP contribution >= 0.6 is 11.3 Å². The Labute approximate surface area is 140 Å². The van der Waals surface area contributed by atoms with Gasteiger partial charge in [0.05, 0.1) is 17.6 Å². The van der Waals surface area contributed by atoms with Crippen LogP contribution in [0.3, 0.4) is 0 Å². The van der Waals surface area contributed by atoms with Crippen LogP contribution in [0, 0.1) is 13.8 Å². The summed E-state index contributed by atoms with van der Waals surface area (Å²) in [6, 6.07) is 10.6. The molecule has 2 aromatic heterocycles. The van der Waals surface area contributed by atoms with E-state index in [4.69, 9.17) is 9.41 Å². The molecule has 120 valence electrons. The van der Waals surface area contributed by atoms with Crippen molar-refractivity contribution in [2.24, 2.45) is 4.99 Å². The fraction of sp³-hybridized carbons (Fsp3) is 0.316. The first-order valence-electron chi connectivity index (χ1n) is 7.96. The first-order chi connectivity index (χ1) is 11.1. The third-order valence-electron chi connectivity index (χ3n) is 4.34. The average Bonchev–Trinajstić information content (AvgIpc) is 3.20. The highest BCUT2D eigenvalue weighted by Gasteiger charge is 2.14. The second-order valence-corrected chi connectivity index (χ2v) is 6.68. The largest absolute Gasteiger partial charge is 0.463 e. The highest BCUT2D eigenvalue weighted by atomic mass is 32.1. The molecule has 0 fully saturated rings. The Kier molecular flexibility index (Phi) is 4.53. The van der Waals surface area contributed by atoms with Crippen molar-refractivity contribution < 1.29 is 4.42 Å². The van der Waals surface area contributed by atoms with E-state index in [1.165, 1.54) is 11.1 Å². The number of hydrogen-bond acceptors (Lipinski definition) is 3. The van der Waals surface area contributed by atoms with Crippen molar-refractivity contribution in [3.8, 4) is 11.5 Å². The lowest BCUT2D eigenvalue weighted by Crippen LogP contribution is -2.19. The Morgan fingerprint density at radius 1 is 1.22 bits per heavy atom. The number of aromatic nitrogens is 1. The van der Waals surface area contributed by atoms with Crippen molar-refractivity contribution in [1.82, 2.24) is 4.57 Å². The number of hydrogen-bond donors (Lipinski definition) is 0. The van der Waals surface area contributed by atoms with Crippen molar-refractivity contribution in [3.63, 3.8) is 0 Å². The Bertz CT molecular complexity index is 856. The molecule has 0 saturated carbocycles. The van der Waals surface area contributed by atoms with Gasteiger partial charge in [0.25, 0.3) is 0 Å². The first kappa shape index (κ1) is 15.8. The van der Waals surface area contributed by atoms with Gasteiger partial charge in [-0.15, -0.1) is 11.3 Å². The van der Waals surface area contributed by atoms with Gasteiger partial charge < -0.3 is 8.98 Å². The molecule has 0 N–H and O–H groups in total. The molecule has 0 radical (unpaired) electrons. The maximum absolute atomic E-state index is 5.61. The molecule has 0 aliphatic rings. The van der Waals surface area contributed by atoms with Crippen LogP contribution in [0.2, 0.25) is 0 Å². The van der Waals surface area contributed by atoms with Crippen LogP contribution < -0.4 is 4.80 Å². The number of furan rings is 1. The number of nitrogens with zero attached hydrogens (tertiary/aromatic N) is 2. The fourth-order valence-electron chi connectivity index (χ4n) is 2.57. The van der Waals surface area contributed by atoms with E-state index < -0.39 is 0 Å². The molecular weight excluding hydrogens is 304 g/mol. The molecule has 0 bridgehead atoms. The highest BCUT2D eigenvalue weighted by Crippen LogP contribution is 2.26. The molecule has 3 rings (SSSR count). The van der Waals surface area contributed by atoms with E-state index in [1.807, 2.05) is 12.1 Å². The van der Waals surface area contributed by atoms with Crippen LogP contribution in [0.5, 0.6) is 0 Å². The van der Waals surface area contributed by atoms with Crippen LogP contribution in [-0.4, -0.2) is 4.57 Å². The average molecular weight is 326 g/mol. The molecule has 0 aliphatic carbocycles. The highest BCUT2D eigenvalue weighted by molar-refractivity contribution is 7.07. The standard InChI is InChI=1S/C19H22N2OS/c1-5-14(3)21-17(18-10-7-11-22-18)12-23-19(21)20-16-9-6-8-13(2)15(16)4/h6-12,14H,5H2,1-4H3. The SMILES string of the molecule is CCC(C)n1c(-c2ccco2)csc1=Nc1cccc(C)c1C. The monoisotopic (exact) mass is 326 g/mol. The summed E-state index contributed by atoms with van der Waals surface area (Å²) in [5.74, 6) is 0.893. The molecule has 0 spiro atoms. The fourth-order valence-corrected chi connectivity index (χ4v) is 3.56. The summed E-state index contributed by atoms with van der Waals surface area (Å²) < 4.78 is 7.89. The third-order valence-corrected chi connectivity index (χ3v) is 5.18. The van der Waals surface area contributed by atoms with Crippen LogP contribution in [-0.2, 0) is 0 Å². The zero-order chi connectivity index (χ0) is 16.4. The van der Waals surface area contributed by atoms with Gasteiger partial charge in [0.2, 0.25) is 0 Å². The molecule has 0 amide bonds. The lowest BCUT2D eigenvalue weighted by Gasteiger charge is -2.14. The van der Waals surface area contributed by atoms with Gasteiger partial charge in [-0.25, -0.2) is 4.99 Å². The minimum atomic E-state index is 0.366. The summed E-state index contributed by atoms with van der Waals surface area (Å²) in [6.07, 6.45) is 2.76. The molecule has 3 nitrogen and oxygen atoms in total. The van der Waals surface area contributed by atoms with Crippen LogP contribution in [0.4, 0.5) is 5.69 Å². The van der Waals surface area contributed by atoms with Crippen molar-refractivity contribution in [1.29, 1.82) is 0 Å². The van der Waals surface area contributed by atoms with E-state index in [2.05, 4.69) is 55.8 Å². The molecule has 0 saturated heterocycles. The molecular formula is C19H22N2OS. The van der Waals surface area contributed by atoms with E-state index in [1.54, 1.807) is 17.6 Å². The maximum atomic E-state index is 5.61. The zero-order valence-corrected chi connectivity index (χ0v) is 14.9. The normalized spacial score (nSPS) is 13.5. The quantitative estimate of drug-likeness (QED) is 0.611. The van der Waals surface area contributed by atoms with E-state index in [0.29, 0.717) is 6.04 Å². The van der Waals surface area contributed by atoms with Crippen molar-refractivity contribution in [3.05, 3.63) is 57.9 Å². The molecule has 2 heterocycles. The summed E-state index contributed by atoms with van der Waals surface area (Å²) in [6.45, 7) is 8.67. The van der Waals surface area contributed by atoms with Gasteiger partial charge >= 0.3 is 0 Å². The predicted octanol–water partition coefficient (Wildman–Crippen LogP) is 5.63. The summed E-state index contributed by atoms with van der Waals surface area (Å²) in [4.78, 5) is 5.95. The molecule has 1 aromatic carbocycles. The molecule has 0 aliphatic heterocycles. The van der Waals surface area contributed by atoms with Crippen LogP contribution in [0.25, 0.3) is 11.5 Å². The lowest BCUT2D eigenvalue weighted by atomic mass is 10.1. The van der Waals surface area contributed by atoms with Crippen LogP contribution in [0.15, 0.2) is 51.4 Å². The zero-order valence-electron chi connectivity index (χ0n) is 14.0. The maximum Gasteiger partial charge on any atom is 0.190 e. The van der Waals surface area contributed by atoms with Gasteiger partial charge in [-0.05, 0) is 56.5 Å². The molecule has 1 unspecified atom stereocenters. The van der Waals surface area contributed by atoms with Gasteiger partial charge in [-0.2, -0.15) is 0 Å². The second-order valence-electron chi connectivity index (χ2n) is 5.84. The summed E-state index contributed by atoms with van der Waals surface area (Å²) in [7, 11) is 0. The van der Waals surface area contributed by atoms with Gasteiger partial charge in [-0.1, -0.05) is 19.1 Å². The Hall–Kier alpha value is -2.07. The number of rotatable bonds is 4. The molecule has 23 heavy (non-hydrogen) atoms. The van der Waals surface area contributed by atoms with E-state index in [9.17, 15) is 0 Å². The smallest absolute Gasteiger partial charge is 0.190 e. The van der Waals surface area contributed by atoms with E-state index >= 15 is 0 Å². The minimum Gasteiger partial charge on any atom is -0.463 e. The second kappa shape index (κ2) is 6.59. The first-order valence-corrected chi connectivity index (χ1v) is 8.84. The minimum absolute atomic E-state index is 0.366. The van der Waals surface area contributed by atoms with E-state index in [0.717, 1.165) is 28.4 Å². The summed E-state index contributed by atoms with van der Waals surface area (Å²) in [5, 5.41) is 2.13. The van der Waals surface area contributed by atoms with E-state index in [-0.39, 0.29) is 0 Å². The topological polar surface area (TPSA) is 30.4 Å². The van der Waals surface area contributed by atoms with Gasteiger partial charge in [0.15, 0.2) is 10.6 Å². The Balaban J connectivity index is 2.20. The molecule has 3 aromatic rings. The molecule has 4 heteroatoms. The Morgan fingerprint density at radius 3 is 2.74 bits per heavy atom. The Morgan fingerprint density at radius 2 is 2.04 bits per heavy atom. The van der Waals surface area contributed by atoms with Crippen LogP contribution in [0.1, 0.15) is 37.4 Å². The van der Waals surface area contributed by atoms with Gasteiger partial charge in [0, 0.05) is 11.4 Å². The van der Waals surface area contributed by atoms with Gasteiger partial charge in [0.1, 0.15) is 0 Å². The molecule has 1 atom stereocenters. The number of aryl methyl sites for hydroxylation is 1. The van der Waals surface area contributed by atoms with Crippen molar-refractivity contribution >= 4 is 17.0 Å². The predicted molar refractivity (Wildman–Crippen MR) is 96.2 cm³/mol. The third kappa shape index (κ3) is 3.04. The van der Waals surface area contributed by atoms with Crippen molar-refractivity contribution in [2.45, 2.75) is 40.2 Å². The number of benzene rings is 1.